The number of amides is 1. The van der Waals surface area contributed by atoms with Crippen molar-refractivity contribution in [3.05, 3.63) is 0 Å². The molecule has 0 aromatic heterocycles. The van der Waals surface area contributed by atoms with Crippen LogP contribution in [0.25, 0.3) is 0 Å². The predicted molar refractivity (Wildman–Crippen MR) is 69.2 cm³/mol. The van der Waals surface area contributed by atoms with E-state index >= 15 is 0 Å². The Morgan fingerprint density at radius 2 is 2.17 bits per heavy atom. The van der Waals surface area contributed by atoms with E-state index in [0.29, 0.717) is 0 Å². The van der Waals surface area contributed by atoms with Crippen LogP contribution in [0, 0.1) is 17.8 Å². The second kappa shape index (κ2) is 6.73. The van der Waals surface area contributed by atoms with Crippen molar-refractivity contribution in [1.82, 2.24) is 10.6 Å². The number of carboxylic acid groups (broad SMARTS) is 1. The molecular formula is C13H24N2O3. The van der Waals surface area contributed by atoms with E-state index in [1.165, 1.54) is 0 Å². The van der Waals surface area contributed by atoms with Gasteiger partial charge in [-0.05, 0) is 31.3 Å². The van der Waals surface area contributed by atoms with Gasteiger partial charge in [0, 0.05) is 5.92 Å². The Morgan fingerprint density at radius 1 is 1.50 bits per heavy atom. The molecule has 5 heteroatoms. The van der Waals surface area contributed by atoms with Gasteiger partial charge >= 0.3 is 5.97 Å². The van der Waals surface area contributed by atoms with Crippen molar-refractivity contribution in [3.63, 3.8) is 0 Å². The van der Waals surface area contributed by atoms with Gasteiger partial charge in [-0.2, -0.15) is 0 Å². The highest BCUT2D eigenvalue weighted by Crippen LogP contribution is 2.19. The Balaban J connectivity index is 2.63. The zero-order chi connectivity index (χ0) is 13.7. The molecule has 0 saturated carbocycles. The molecule has 2 unspecified atom stereocenters. The largest absolute Gasteiger partial charge is 0.480 e. The molecule has 18 heavy (non-hydrogen) atoms. The lowest BCUT2D eigenvalue weighted by molar-refractivity contribution is -0.144. The summed E-state index contributed by atoms with van der Waals surface area (Å²) in [4.78, 5) is 23.3. The maximum absolute atomic E-state index is 12.1. The molecule has 1 fully saturated rings. The second-order valence-corrected chi connectivity index (χ2v) is 5.29. The third kappa shape index (κ3) is 3.70. The molecule has 1 aliphatic rings. The Kier molecular flexibility index (Phi) is 5.59. The summed E-state index contributed by atoms with van der Waals surface area (Å²) in [6.07, 6.45) is 1.51. The quantitative estimate of drug-likeness (QED) is 0.681. The normalized spacial score (nSPS) is 27.3. The molecule has 104 valence electrons. The fourth-order valence-corrected chi connectivity index (χ4v) is 2.35. The zero-order valence-corrected chi connectivity index (χ0v) is 11.4. The van der Waals surface area contributed by atoms with Gasteiger partial charge in [-0.1, -0.05) is 27.2 Å². The first-order chi connectivity index (χ1) is 8.47. The van der Waals surface area contributed by atoms with Gasteiger partial charge in [-0.25, -0.2) is 4.79 Å². The topological polar surface area (TPSA) is 78.4 Å². The average molecular weight is 256 g/mol. The minimum Gasteiger partial charge on any atom is -0.480 e. The van der Waals surface area contributed by atoms with Crippen molar-refractivity contribution in [2.45, 2.75) is 39.7 Å². The average Bonchev–Trinajstić information content (AvgIpc) is 2.35. The van der Waals surface area contributed by atoms with Crippen molar-refractivity contribution in [2.24, 2.45) is 17.8 Å². The van der Waals surface area contributed by atoms with Crippen molar-refractivity contribution in [1.29, 1.82) is 0 Å². The monoisotopic (exact) mass is 256 g/mol. The Morgan fingerprint density at radius 3 is 2.67 bits per heavy atom. The first-order valence-electron chi connectivity index (χ1n) is 6.71. The third-order valence-corrected chi connectivity index (χ3v) is 3.90. The van der Waals surface area contributed by atoms with Crippen molar-refractivity contribution < 1.29 is 14.7 Å². The van der Waals surface area contributed by atoms with Crippen LogP contribution in [0.2, 0.25) is 0 Å². The molecule has 1 aliphatic heterocycles. The summed E-state index contributed by atoms with van der Waals surface area (Å²) in [6.45, 7) is 7.45. The molecule has 1 heterocycles. The van der Waals surface area contributed by atoms with Gasteiger partial charge in [0.15, 0.2) is 0 Å². The molecule has 0 aromatic carbocycles. The summed E-state index contributed by atoms with van der Waals surface area (Å²) in [5.41, 5.74) is 0. The van der Waals surface area contributed by atoms with E-state index in [0.717, 1.165) is 25.9 Å². The summed E-state index contributed by atoms with van der Waals surface area (Å²) in [5, 5.41) is 15.1. The molecule has 0 radical (unpaired) electrons. The molecule has 0 spiro atoms. The minimum absolute atomic E-state index is 0.0523. The first kappa shape index (κ1) is 15.0. The molecule has 0 aromatic rings. The van der Waals surface area contributed by atoms with Crippen LogP contribution >= 0.6 is 0 Å². The number of nitrogens with one attached hydrogen (secondary N) is 2. The van der Waals surface area contributed by atoms with Gasteiger partial charge in [0.05, 0.1) is 0 Å². The SMILES string of the molecule is CC[C@H](C)[C@H](NC(=O)C1CCNCC1C)C(=O)O. The number of aliphatic carboxylic acids is 1. The fraction of sp³-hybridized carbons (Fsp3) is 0.846. The van der Waals surface area contributed by atoms with Gasteiger partial charge in [0.1, 0.15) is 6.04 Å². The molecule has 1 rings (SSSR count). The Hall–Kier alpha value is -1.10. The summed E-state index contributed by atoms with van der Waals surface area (Å²) in [5.74, 6) is -0.929. The number of carboxylic acids is 1. The van der Waals surface area contributed by atoms with Crippen LogP contribution in [0.15, 0.2) is 0 Å². The number of rotatable bonds is 5. The van der Waals surface area contributed by atoms with Crippen LogP contribution < -0.4 is 10.6 Å². The van der Waals surface area contributed by atoms with Crippen molar-refractivity contribution >= 4 is 11.9 Å². The molecule has 0 bridgehead atoms. The third-order valence-electron chi connectivity index (χ3n) is 3.90. The van der Waals surface area contributed by atoms with Crippen LogP contribution in [0.5, 0.6) is 0 Å². The lowest BCUT2D eigenvalue weighted by atomic mass is 9.86. The number of carbonyl (C=O) groups excluding carboxylic acids is 1. The molecule has 5 nitrogen and oxygen atoms in total. The van der Waals surface area contributed by atoms with Gasteiger partial charge < -0.3 is 15.7 Å². The van der Waals surface area contributed by atoms with Gasteiger partial charge in [-0.3, -0.25) is 4.79 Å². The summed E-state index contributed by atoms with van der Waals surface area (Å²) in [6, 6.07) is -0.774. The predicted octanol–water partition coefficient (Wildman–Crippen LogP) is 0.847. The molecule has 0 aliphatic carbocycles. The number of piperidine rings is 1. The Labute approximate surface area is 108 Å². The number of hydrogen-bond donors (Lipinski definition) is 3. The van der Waals surface area contributed by atoms with Gasteiger partial charge in [-0.15, -0.1) is 0 Å². The number of hydrogen-bond acceptors (Lipinski definition) is 3. The highest BCUT2D eigenvalue weighted by atomic mass is 16.4. The lowest BCUT2D eigenvalue weighted by Crippen LogP contribution is -2.50. The maximum atomic E-state index is 12.1. The molecule has 1 amide bonds. The minimum atomic E-state index is -0.945. The summed E-state index contributed by atoms with van der Waals surface area (Å²) < 4.78 is 0. The van der Waals surface area contributed by atoms with E-state index in [1.54, 1.807) is 0 Å². The Bertz CT molecular complexity index is 307. The smallest absolute Gasteiger partial charge is 0.326 e. The summed E-state index contributed by atoms with van der Waals surface area (Å²) >= 11 is 0. The van der Waals surface area contributed by atoms with E-state index in [9.17, 15) is 9.59 Å². The fourth-order valence-electron chi connectivity index (χ4n) is 2.35. The van der Waals surface area contributed by atoms with Crippen LogP contribution in [0.4, 0.5) is 0 Å². The molecule has 3 N–H and O–H groups in total. The van der Waals surface area contributed by atoms with Crippen LogP contribution in [0.3, 0.4) is 0 Å². The standard InChI is InChI=1S/C13H24N2O3/c1-4-8(2)11(13(17)18)15-12(16)10-5-6-14-7-9(10)3/h8-11,14H,4-7H2,1-3H3,(H,15,16)(H,17,18)/t8-,9?,10?,11-/m0/s1. The molecular weight excluding hydrogens is 232 g/mol. The van der Waals surface area contributed by atoms with E-state index in [4.69, 9.17) is 5.11 Å². The van der Waals surface area contributed by atoms with Gasteiger partial charge in [0.2, 0.25) is 5.91 Å². The van der Waals surface area contributed by atoms with Crippen LogP contribution in [0.1, 0.15) is 33.6 Å². The second-order valence-electron chi connectivity index (χ2n) is 5.29. The maximum Gasteiger partial charge on any atom is 0.326 e. The zero-order valence-electron chi connectivity index (χ0n) is 11.4. The van der Waals surface area contributed by atoms with E-state index in [-0.39, 0.29) is 23.7 Å². The first-order valence-corrected chi connectivity index (χ1v) is 6.71. The van der Waals surface area contributed by atoms with E-state index < -0.39 is 12.0 Å². The highest BCUT2D eigenvalue weighted by molar-refractivity contribution is 5.85. The van der Waals surface area contributed by atoms with Crippen LogP contribution in [-0.4, -0.2) is 36.1 Å². The summed E-state index contributed by atoms with van der Waals surface area (Å²) in [7, 11) is 0. The van der Waals surface area contributed by atoms with E-state index in [2.05, 4.69) is 10.6 Å². The van der Waals surface area contributed by atoms with Crippen molar-refractivity contribution in [2.75, 3.05) is 13.1 Å². The van der Waals surface area contributed by atoms with Crippen molar-refractivity contribution in [3.8, 4) is 0 Å². The molecule has 1 saturated heterocycles. The molecule has 4 atom stereocenters. The van der Waals surface area contributed by atoms with Gasteiger partial charge in [0.25, 0.3) is 0 Å². The van der Waals surface area contributed by atoms with E-state index in [1.807, 2.05) is 20.8 Å². The highest BCUT2D eigenvalue weighted by Gasteiger charge is 2.32. The van der Waals surface area contributed by atoms with Crippen LogP contribution in [-0.2, 0) is 9.59 Å². The number of carbonyl (C=O) groups is 2. The lowest BCUT2D eigenvalue weighted by Gasteiger charge is -2.30.